The highest BCUT2D eigenvalue weighted by Gasteiger charge is 2.28. The van der Waals surface area contributed by atoms with E-state index in [4.69, 9.17) is 4.42 Å². The van der Waals surface area contributed by atoms with E-state index in [1.54, 1.807) is 0 Å². The number of likely N-dealkylation sites (N-methyl/N-ethyl adjacent to an activating group) is 1. The fourth-order valence-electron chi connectivity index (χ4n) is 3.91. The largest absolute Gasteiger partial charge is 0.451 e. The minimum Gasteiger partial charge on any atom is -0.451 e. The van der Waals surface area contributed by atoms with Crippen LogP contribution in [0.2, 0.25) is 0 Å². The molecule has 1 fully saturated rings. The summed E-state index contributed by atoms with van der Waals surface area (Å²) < 4.78 is 5.77. The maximum atomic E-state index is 12.9. The molecule has 3 aromatic rings. The van der Waals surface area contributed by atoms with E-state index < -0.39 is 0 Å². The zero-order chi connectivity index (χ0) is 18.6. The molecule has 0 saturated carbocycles. The van der Waals surface area contributed by atoms with Gasteiger partial charge in [0, 0.05) is 31.6 Å². The van der Waals surface area contributed by atoms with Gasteiger partial charge in [-0.25, -0.2) is 0 Å². The molecule has 0 aliphatic carbocycles. The van der Waals surface area contributed by atoms with E-state index in [-0.39, 0.29) is 11.9 Å². The average Bonchev–Trinajstić information content (AvgIpc) is 3.16. The summed E-state index contributed by atoms with van der Waals surface area (Å²) in [6.07, 6.45) is 3.22. The van der Waals surface area contributed by atoms with Crippen LogP contribution in [-0.2, 0) is 6.42 Å². The number of rotatable bonds is 5. The molecule has 4 rings (SSSR count). The molecule has 0 N–H and O–H groups in total. The van der Waals surface area contributed by atoms with E-state index in [0.29, 0.717) is 5.76 Å². The number of carbonyl (C=O) groups is 1. The fourth-order valence-corrected chi connectivity index (χ4v) is 3.91. The summed E-state index contributed by atoms with van der Waals surface area (Å²) in [4.78, 5) is 17.3. The quantitative estimate of drug-likeness (QED) is 0.682. The van der Waals surface area contributed by atoms with Crippen molar-refractivity contribution in [3.8, 4) is 0 Å². The molecule has 2 heterocycles. The van der Waals surface area contributed by atoms with E-state index in [0.717, 1.165) is 49.9 Å². The summed E-state index contributed by atoms with van der Waals surface area (Å²) in [6.45, 7) is 3.07. The summed E-state index contributed by atoms with van der Waals surface area (Å²) in [6, 6.07) is 20.4. The van der Waals surface area contributed by atoms with Crippen molar-refractivity contribution >= 4 is 16.9 Å². The maximum Gasteiger partial charge on any atom is 0.289 e. The summed E-state index contributed by atoms with van der Waals surface area (Å²) in [5, 5.41) is 0.974. The van der Waals surface area contributed by atoms with Crippen molar-refractivity contribution in [1.29, 1.82) is 0 Å². The van der Waals surface area contributed by atoms with Crippen LogP contribution in [0.3, 0.4) is 0 Å². The van der Waals surface area contributed by atoms with E-state index in [2.05, 4.69) is 35.2 Å². The normalized spacial score (nSPS) is 17.9. The van der Waals surface area contributed by atoms with Crippen LogP contribution in [0, 0.1) is 0 Å². The third kappa shape index (κ3) is 4.06. The van der Waals surface area contributed by atoms with Gasteiger partial charge in [-0.15, -0.1) is 0 Å². The molecule has 2 aromatic carbocycles. The molecule has 4 nitrogen and oxygen atoms in total. The molecule has 0 radical (unpaired) electrons. The predicted molar refractivity (Wildman–Crippen MR) is 108 cm³/mol. The van der Waals surface area contributed by atoms with Gasteiger partial charge >= 0.3 is 0 Å². The fraction of sp³-hybridized carbons (Fsp3) is 0.348. The third-order valence-corrected chi connectivity index (χ3v) is 5.54. The van der Waals surface area contributed by atoms with Crippen LogP contribution in [0.25, 0.3) is 11.0 Å². The molecular weight excluding hydrogens is 336 g/mol. The number of para-hydroxylation sites is 1. The number of nitrogens with zero attached hydrogens (tertiary/aromatic N) is 2. The minimum atomic E-state index is -0.0268. The van der Waals surface area contributed by atoms with Crippen LogP contribution in [0.1, 0.15) is 29.0 Å². The summed E-state index contributed by atoms with van der Waals surface area (Å²) >= 11 is 0. The SMILES string of the molecule is CN(C(=O)c1cc2ccccc2o1)[C@@H]1CCCN(CCc2ccccc2)C1. The van der Waals surface area contributed by atoms with Crippen LogP contribution in [-0.4, -0.2) is 48.4 Å². The lowest BCUT2D eigenvalue weighted by atomic mass is 10.0. The summed E-state index contributed by atoms with van der Waals surface area (Å²) in [5.41, 5.74) is 2.13. The molecule has 1 aliphatic rings. The van der Waals surface area contributed by atoms with Gasteiger partial charge in [0.1, 0.15) is 5.58 Å². The monoisotopic (exact) mass is 362 g/mol. The molecule has 0 unspecified atom stereocenters. The zero-order valence-electron chi connectivity index (χ0n) is 15.8. The van der Waals surface area contributed by atoms with Crippen LogP contribution in [0.15, 0.2) is 65.1 Å². The Morgan fingerprint density at radius 3 is 2.74 bits per heavy atom. The van der Waals surface area contributed by atoms with Gasteiger partial charge in [0.05, 0.1) is 0 Å². The topological polar surface area (TPSA) is 36.7 Å². The predicted octanol–water partition coefficient (Wildman–Crippen LogP) is 4.21. The molecule has 0 bridgehead atoms. The second-order valence-electron chi connectivity index (χ2n) is 7.40. The molecule has 27 heavy (non-hydrogen) atoms. The van der Waals surface area contributed by atoms with Crippen molar-refractivity contribution in [2.24, 2.45) is 0 Å². The lowest BCUT2D eigenvalue weighted by molar-refractivity contribution is 0.0591. The Kier molecular flexibility index (Phi) is 5.26. The first kappa shape index (κ1) is 17.8. The number of likely N-dealkylation sites (tertiary alicyclic amines) is 1. The van der Waals surface area contributed by atoms with Gasteiger partial charge in [-0.2, -0.15) is 0 Å². The second-order valence-corrected chi connectivity index (χ2v) is 7.40. The van der Waals surface area contributed by atoms with Crippen molar-refractivity contribution < 1.29 is 9.21 Å². The Bertz CT molecular complexity index is 870. The van der Waals surface area contributed by atoms with Gasteiger partial charge in [0.15, 0.2) is 5.76 Å². The highest BCUT2D eigenvalue weighted by atomic mass is 16.3. The number of piperidine rings is 1. The van der Waals surface area contributed by atoms with Crippen molar-refractivity contribution in [2.45, 2.75) is 25.3 Å². The van der Waals surface area contributed by atoms with Gasteiger partial charge in [-0.3, -0.25) is 4.79 Å². The molecule has 1 saturated heterocycles. The number of benzene rings is 2. The van der Waals surface area contributed by atoms with E-state index in [1.807, 2.05) is 42.3 Å². The molecule has 140 valence electrons. The summed E-state index contributed by atoms with van der Waals surface area (Å²) in [7, 11) is 1.90. The smallest absolute Gasteiger partial charge is 0.289 e. The Balaban J connectivity index is 1.38. The lowest BCUT2D eigenvalue weighted by Crippen LogP contribution is -2.48. The van der Waals surface area contributed by atoms with Gasteiger partial charge in [0.25, 0.3) is 5.91 Å². The number of carbonyl (C=O) groups excluding carboxylic acids is 1. The average molecular weight is 362 g/mol. The van der Waals surface area contributed by atoms with Crippen molar-refractivity contribution in [1.82, 2.24) is 9.80 Å². The third-order valence-electron chi connectivity index (χ3n) is 5.54. The first-order valence-corrected chi connectivity index (χ1v) is 9.73. The second kappa shape index (κ2) is 7.97. The van der Waals surface area contributed by atoms with Gasteiger partial charge in [-0.05, 0) is 43.5 Å². The Morgan fingerprint density at radius 2 is 1.93 bits per heavy atom. The minimum absolute atomic E-state index is 0.0268. The Morgan fingerprint density at radius 1 is 1.15 bits per heavy atom. The van der Waals surface area contributed by atoms with E-state index in [9.17, 15) is 4.79 Å². The van der Waals surface area contributed by atoms with Crippen LogP contribution < -0.4 is 0 Å². The van der Waals surface area contributed by atoms with Crippen LogP contribution in [0.5, 0.6) is 0 Å². The molecule has 0 spiro atoms. The van der Waals surface area contributed by atoms with Crippen molar-refractivity contribution in [3.63, 3.8) is 0 Å². The highest BCUT2D eigenvalue weighted by molar-refractivity contribution is 5.96. The van der Waals surface area contributed by atoms with Crippen molar-refractivity contribution in [2.75, 3.05) is 26.7 Å². The number of hydrogen-bond donors (Lipinski definition) is 0. The van der Waals surface area contributed by atoms with Crippen molar-refractivity contribution in [3.05, 3.63) is 72.0 Å². The first-order valence-electron chi connectivity index (χ1n) is 9.73. The Hall–Kier alpha value is -2.59. The summed E-state index contributed by atoms with van der Waals surface area (Å²) in [5.74, 6) is 0.404. The number of fused-ring (bicyclic) bond motifs is 1. The lowest BCUT2D eigenvalue weighted by Gasteiger charge is -2.37. The van der Waals surface area contributed by atoms with Crippen LogP contribution in [0.4, 0.5) is 0 Å². The molecular formula is C23H26N2O2. The van der Waals surface area contributed by atoms with E-state index >= 15 is 0 Å². The van der Waals surface area contributed by atoms with Gasteiger partial charge in [0.2, 0.25) is 0 Å². The van der Waals surface area contributed by atoms with Gasteiger partial charge < -0.3 is 14.2 Å². The van der Waals surface area contributed by atoms with E-state index in [1.165, 1.54) is 5.56 Å². The van der Waals surface area contributed by atoms with Gasteiger partial charge in [-0.1, -0.05) is 48.5 Å². The molecule has 1 atom stereocenters. The Labute approximate surface area is 160 Å². The molecule has 4 heteroatoms. The number of hydrogen-bond acceptors (Lipinski definition) is 3. The molecule has 1 amide bonds. The van der Waals surface area contributed by atoms with Crippen LogP contribution >= 0.6 is 0 Å². The maximum absolute atomic E-state index is 12.9. The number of amides is 1. The standard InChI is InChI=1S/C23H26N2O2/c1-24(23(26)22-16-19-10-5-6-12-21(19)27-22)20-11-7-14-25(17-20)15-13-18-8-3-2-4-9-18/h2-6,8-10,12,16,20H,7,11,13-15,17H2,1H3/t20-/m1/s1. The zero-order valence-corrected chi connectivity index (χ0v) is 15.8. The molecule has 1 aromatic heterocycles. The first-order chi connectivity index (χ1) is 13.2. The highest BCUT2D eigenvalue weighted by Crippen LogP contribution is 2.22. The molecule has 1 aliphatic heterocycles. The number of furan rings is 1.